The van der Waals surface area contributed by atoms with E-state index in [1.165, 1.54) is 0 Å². The molecule has 0 saturated heterocycles. The summed E-state index contributed by atoms with van der Waals surface area (Å²) in [6.45, 7) is 0. The Hall–Kier alpha value is 1.31. The van der Waals surface area contributed by atoms with Gasteiger partial charge in [0.15, 0.2) is 0 Å². The molecular formula is Ag2O5S. The monoisotopic (exact) mass is 326 g/mol. The van der Waals surface area contributed by atoms with E-state index in [-0.39, 0.29) is 44.8 Å². The van der Waals surface area contributed by atoms with E-state index >= 15 is 0 Å². The molecule has 0 unspecified atom stereocenters. The van der Waals surface area contributed by atoms with E-state index in [9.17, 15) is 0 Å². The molecule has 0 aromatic heterocycles. The number of rotatable bonds is 1. The largest absolute Gasteiger partial charge is 1.00 e. The molecule has 0 aliphatic rings. The van der Waals surface area contributed by atoms with Crippen molar-refractivity contribution in [3.8, 4) is 0 Å². The van der Waals surface area contributed by atoms with Crippen LogP contribution in [0, 0.1) is 0 Å². The second-order valence-corrected chi connectivity index (χ2v) is 1.43. The minimum absolute atomic E-state index is 0. The fourth-order valence-electron chi connectivity index (χ4n) is 0. The normalized spacial score (nSPS) is 8.75. The van der Waals surface area contributed by atoms with Gasteiger partial charge in [0.05, 0.1) is 0 Å². The Bertz CT molecular complexity index is 112. The maximum atomic E-state index is 8.91. The van der Waals surface area contributed by atoms with Gasteiger partial charge < -0.3 is 14.1 Å². The molecule has 58 valence electrons. The Morgan fingerprint density at radius 2 is 1.38 bits per heavy atom. The van der Waals surface area contributed by atoms with Gasteiger partial charge in [-0.1, -0.05) is 0 Å². The van der Waals surface area contributed by atoms with Gasteiger partial charge >= 0.3 is 44.8 Å². The van der Waals surface area contributed by atoms with Gasteiger partial charge in [-0.15, -0.1) is 0 Å². The van der Waals surface area contributed by atoms with Crippen LogP contribution >= 0.6 is 0 Å². The zero-order valence-corrected chi connectivity index (χ0v) is 6.83. The van der Waals surface area contributed by atoms with Gasteiger partial charge in [-0.05, 0) is 0 Å². The first-order valence-corrected chi connectivity index (χ1v) is 2.17. The van der Waals surface area contributed by atoms with E-state index in [1.54, 1.807) is 0 Å². The molecule has 8 heavy (non-hydrogen) atoms. The Morgan fingerprint density at radius 3 is 1.38 bits per heavy atom. The molecule has 0 N–H and O–H groups in total. The summed E-state index contributed by atoms with van der Waals surface area (Å²) in [6, 6.07) is 0. The SMILES string of the molecule is O=S(=O)([O-])O[O-].[Ag+].[Ag+]. The Morgan fingerprint density at radius 1 is 1.25 bits per heavy atom. The van der Waals surface area contributed by atoms with E-state index in [0.29, 0.717) is 0 Å². The van der Waals surface area contributed by atoms with Crippen molar-refractivity contribution in [2.24, 2.45) is 0 Å². The Balaban J connectivity index is -0.000000125. The van der Waals surface area contributed by atoms with Crippen LogP contribution in [0.1, 0.15) is 0 Å². The van der Waals surface area contributed by atoms with Crippen LogP contribution in [0.2, 0.25) is 0 Å². The van der Waals surface area contributed by atoms with Gasteiger partial charge in [0, 0.05) is 0 Å². The van der Waals surface area contributed by atoms with Crippen molar-refractivity contribution >= 4 is 10.4 Å². The fraction of sp³-hybridized carbons (Fsp3) is 0. The number of hydrogen-bond donors (Lipinski definition) is 0. The molecule has 0 aromatic rings. The standard InChI is InChI=1S/2Ag.H2O5S/c;;1-5-6(2,3)4/h;;1H,(H,2,3,4)/q2*+1;/p-2. The van der Waals surface area contributed by atoms with E-state index in [0.717, 1.165) is 0 Å². The van der Waals surface area contributed by atoms with E-state index in [4.69, 9.17) is 18.2 Å². The molecule has 0 aromatic carbocycles. The van der Waals surface area contributed by atoms with Crippen molar-refractivity contribution in [1.29, 1.82) is 0 Å². The predicted molar refractivity (Wildman–Crippen MR) is 10.8 cm³/mol. The molecule has 0 radical (unpaired) electrons. The van der Waals surface area contributed by atoms with Crippen LogP contribution in [0.3, 0.4) is 0 Å². The Kier molecular flexibility index (Phi) is 13.0. The minimum atomic E-state index is -4.97. The van der Waals surface area contributed by atoms with Crippen LogP contribution in [0.15, 0.2) is 0 Å². The first-order chi connectivity index (χ1) is 2.56. The average molecular weight is 328 g/mol. The van der Waals surface area contributed by atoms with Crippen molar-refractivity contribution in [2.45, 2.75) is 0 Å². The molecule has 0 spiro atoms. The third-order valence-corrected chi connectivity index (χ3v) is 0.250. The molecule has 0 heterocycles. The van der Waals surface area contributed by atoms with Crippen molar-refractivity contribution in [3.05, 3.63) is 0 Å². The molecule has 0 bridgehead atoms. The summed E-state index contributed by atoms with van der Waals surface area (Å²) in [7, 11) is -4.97. The molecule has 0 saturated carbocycles. The van der Waals surface area contributed by atoms with Crippen LogP contribution in [0.4, 0.5) is 0 Å². The summed E-state index contributed by atoms with van der Waals surface area (Å²) < 4.78 is 28.8. The second-order valence-electron chi connectivity index (χ2n) is 0.476. The van der Waals surface area contributed by atoms with E-state index in [2.05, 4.69) is 4.33 Å². The minimum Gasteiger partial charge on any atom is -0.726 e. The predicted octanol–water partition coefficient (Wildman–Crippen LogP) is -2.27. The van der Waals surface area contributed by atoms with Crippen molar-refractivity contribution in [1.82, 2.24) is 0 Å². The van der Waals surface area contributed by atoms with Crippen LogP contribution in [0.5, 0.6) is 0 Å². The van der Waals surface area contributed by atoms with Crippen LogP contribution in [-0.2, 0) is 59.5 Å². The molecule has 8 heteroatoms. The fourth-order valence-corrected chi connectivity index (χ4v) is 0. The van der Waals surface area contributed by atoms with Gasteiger partial charge in [0.25, 0.3) is 0 Å². The quantitative estimate of drug-likeness (QED) is 0.178. The van der Waals surface area contributed by atoms with E-state index < -0.39 is 10.4 Å². The smallest absolute Gasteiger partial charge is 0.726 e. The van der Waals surface area contributed by atoms with Crippen LogP contribution in [-0.4, -0.2) is 13.0 Å². The molecule has 5 nitrogen and oxygen atoms in total. The molecule has 0 atom stereocenters. The molecular weight excluding hydrogens is 328 g/mol. The molecule has 0 fully saturated rings. The average Bonchev–Trinajstić information content (AvgIpc) is 1.35. The molecule has 0 aliphatic carbocycles. The maximum Gasteiger partial charge on any atom is 1.00 e. The zero-order valence-electron chi connectivity index (χ0n) is 3.05. The van der Waals surface area contributed by atoms with Gasteiger partial charge in [-0.3, -0.25) is 0 Å². The van der Waals surface area contributed by atoms with Gasteiger partial charge in [-0.2, -0.15) is 0 Å². The maximum absolute atomic E-state index is 8.91. The molecule has 0 rings (SSSR count). The van der Waals surface area contributed by atoms with Crippen LogP contribution in [0.25, 0.3) is 0 Å². The zero-order chi connectivity index (χ0) is 5.21. The molecule has 0 amide bonds. The number of hydrogen-bond acceptors (Lipinski definition) is 5. The second kappa shape index (κ2) is 6.43. The summed E-state index contributed by atoms with van der Waals surface area (Å²) in [6.07, 6.45) is 0. The van der Waals surface area contributed by atoms with Crippen molar-refractivity contribution in [2.75, 3.05) is 0 Å². The summed E-state index contributed by atoms with van der Waals surface area (Å²) in [5.74, 6) is 0. The Labute approximate surface area is 77.3 Å². The van der Waals surface area contributed by atoms with E-state index in [1.807, 2.05) is 0 Å². The summed E-state index contributed by atoms with van der Waals surface area (Å²) in [5, 5.41) is 8.55. The first-order valence-electron chi connectivity index (χ1n) is 0.833. The summed E-state index contributed by atoms with van der Waals surface area (Å²) >= 11 is 0. The van der Waals surface area contributed by atoms with Crippen molar-refractivity contribution < 1.29 is 67.3 Å². The van der Waals surface area contributed by atoms with Crippen LogP contribution < -0.4 is 5.26 Å². The van der Waals surface area contributed by atoms with Gasteiger partial charge in [-0.25, -0.2) is 8.42 Å². The topological polar surface area (TPSA) is 89.5 Å². The summed E-state index contributed by atoms with van der Waals surface area (Å²) in [5.41, 5.74) is 0. The van der Waals surface area contributed by atoms with Gasteiger partial charge in [0.2, 0.25) is 10.4 Å². The first kappa shape index (κ1) is 16.1. The van der Waals surface area contributed by atoms with Gasteiger partial charge in [0.1, 0.15) is 0 Å². The summed E-state index contributed by atoms with van der Waals surface area (Å²) in [4.78, 5) is 0. The third kappa shape index (κ3) is 15.7. The third-order valence-electron chi connectivity index (χ3n) is 0.0833. The molecule has 0 aliphatic heterocycles. The van der Waals surface area contributed by atoms with Crippen molar-refractivity contribution in [3.63, 3.8) is 0 Å².